The Morgan fingerprint density at radius 3 is 1.17 bits per heavy atom. The zero-order valence-electron chi connectivity index (χ0n) is 38.7. The third-order valence-electron chi connectivity index (χ3n) is 10.4. The largest absolute Gasteiger partial charge is 0.457 e. The first-order chi connectivity index (χ1) is 29.2. The van der Waals surface area contributed by atoms with Crippen molar-refractivity contribution in [1.82, 2.24) is 0 Å². The van der Waals surface area contributed by atoms with E-state index in [1.54, 1.807) is 0 Å². The molecule has 0 saturated carbocycles. The highest BCUT2D eigenvalue weighted by molar-refractivity contribution is 5.69. The van der Waals surface area contributed by atoms with Crippen LogP contribution >= 0.6 is 0 Å². The van der Waals surface area contributed by atoms with Crippen molar-refractivity contribution in [2.75, 3.05) is 19.8 Å². The summed E-state index contributed by atoms with van der Waals surface area (Å²) in [5.74, 6) is -0.259. The fourth-order valence-electron chi connectivity index (χ4n) is 6.72. The fraction of sp³-hybridized carbons (Fsp3) is 0.691. The summed E-state index contributed by atoms with van der Waals surface area (Å²) in [6.07, 6.45) is 73.6. The zero-order chi connectivity index (χ0) is 42.6. The Bertz CT molecular complexity index is 1090. The van der Waals surface area contributed by atoms with Crippen LogP contribution in [0.3, 0.4) is 0 Å². The van der Waals surface area contributed by atoms with Gasteiger partial charge in [0.2, 0.25) is 0 Å². The molecule has 0 aliphatic rings. The summed E-state index contributed by atoms with van der Waals surface area (Å²) in [7, 11) is 0. The van der Waals surface area contributed by atoms with E-state index in [1.165, 1.54) is 135 Å². The number of esters is 1. The molecule has 0 radical (unpaired) electrons. The van der Waals surface area contributed by atoms with Gasteiger partial charge in [-0.1, -0.05) is 220 Å². The van der Waals surface area contributed by atoms with Crippen molar-refractivity contribution in [3.63, 3.8) is 0 Å². The van der Waals surface area contributed by atoms with Crippen LogP contribution in [-0.4, -0.2) is 37.0 Å². The fourth-order valence-corrected chi connectivity index (χ4v) is 6.72. The first kappa shape index (κ1) is 56.3. The number of hydrogen-bond donors (Lipinski definition) is 1. The average molecular weight is 819 g/mol. The van der Waals surface area contributed by atoms with Crippen molar-refractivity contribution in [2.24, 2.45) is 0 Å². The third-order valence-corrected chi connectivity index (χ3v) is 10.4. The lowest BCUT2D eigenvalue weighted by atomic mass is 10.0. The summed E-state index contributed by atoms with van der Waals surface area (Å²) in [6, 6.07) is 0. The average Bonchev–Trinajstić information content (AvgIpc) is 3.24. The molecule has 0 heterocycles. The van der Waals surface area contributed by atoms with E-state index in [-0.39, 0.29) is 19.2 Å². The summed E-state index contributed by atoms with van der Waals surface area (Å²) in [5.41, 5.74) is 0. The lowest BCUT2D eigenvalue weighted by Gasteiger charge is -2.15. The van der Waals surface area contributed by atoms with E-state index in [0.29, 0.717) is 13.0 Å². The number of allylic oxidation sites excluding steroid dienone is 16. The molecule has 1 unspecified atom stereocenters. The standard InChI is InChI=1S/C55H94O4/c1-3-5-7-9-11-13-15-17-19-21-23-25-27-29-31-33-35-37-39-41-43-45-47-49-51-58-53-54(52-56)59-55(57)50-48-46-44-42-40-38-36-34-32-30-28-26-24-22-20-18-16-14-12-10-8-6-4-2/h6,8,12,14,18,20-21,23-24,26,30,32,36,38,42,44,54,56H,3-5,7,9-11,13,15-17,19,22,25,27-29,31,33-35,37,39-41,43,45-53H2,1-2H3/b8-6-,14-12-,20-18-,23-21-,26-24-,32-30-,38-36-,44-42-. The van der Waals surface area contributed by atoms with Gasteiger partial charge in [-0.2, -0.15) is 0 Å². The summed E-state index contributed by atoms with van der Waals surface area (Å²) >= 11 is 0. The van der Waals surface area contributed by atoms with Crippen LogP contribution in [-0.2, 0) is 14.3 Å². The first-order valence-corrected chi connectivity index (χ1v) is 24.8. The highest BCUT2D eigenvalue weighted by Gasteiger charge is 2.13. The van der Waals surface area contributed by atoms with E-state index in [1.807, 2.05) is 0 Å². The van der Waals surface area contributed by atoms with Crippen molar-refractivity contribution < 1.29 is 19.4 Å². The molecule has 1 N–H and O–H groups in total. The Morgan fingerprint density at radius 2 is 0.763 bits per heavy atom. The van der Waals surface area contributed by atoms with Crippen molar-refractivity contribution in [3.8, 4) is 0 Å². The van der Waals surface area contributed by atoms with E-state index >= 15 is 0 Å². The van der Waals surface area contributed by atoms with E-state index in [4.69, 9.17) is 9.47 Å². The predicted molar refractivity (Wildman–Crippen MR) is 260 cm³/mol. The maximum Gasteiger partial charge on any atom is 0.306 e. The van der Waals surface area contributed by atoms with Gasteiger partial charge in [0.25, 0.3) is 0 Å². The Labute approximate surface area is 366 Å². The first-order valence-electron chi connectivity index (χ1n) is 24.8. The Morgan fingerprint density at radius 1 is 0.424 bits per heavy atom. The highest BCUT2D eigenvalue weighted by atomic mass is 16.6. The van der Waals surface area contributed by atoms with Gasteiger partial charge < -0.3 is 14.6 Å². The van der Waals surface area contributed by atoms with E-state index in [0.717, 1.165) is 64.2 Å². The van der Waals surface area contributed by atoms with Crippen LogP contribution in [0.5, 0.6) is 0 Å². The van der Waals surface area contributed by atoms with Gasteiger partial charge in [0, 0.05) is 13.0 Å². The van der Waals surface area contributed by atoms with Crippen LogP contribution in [0.1, 0.15) is 219 Å². The molecule has 0 spiro atoms. The lowest BCUT2D eigenvalue weighted by Crippen LogP contribution is -2.27. The van der Waals surface area contributed by atoms with Crippen LogP contribution < -0.4 is 0 Å². The summed E-state index contributed by atoms with van der Waals surface area (Å²) < 4.78 is 11.2. The van der Waals surface area contributed by atoms with Crippen LogP contribution in [0, 0.1) is 0 Å². The van der Waals surface area contributed by atoms with Gasteiger partial charge in [-0.3, -0.25) is 4.79 Å². The quantitative estimate of drug-likeness (QED) is 0.0378. The molecule has 0 aromatic carbocycles. The van der Waals surface area contributed by atoms with Gasteiger partial charge in [0.15, 0.2) is 0 Å². The number of unbranched alkanes of at least 4 members (excludes halogenated alkanes) is 21. The van der Waals surface area contributed by atoms with Crippen LogP contribution in [0.4, 0.5) is 0 Å². The number of carbonyl (C=O) groups excluding carboxylic acids is 1. The number of rotatable bonds is 45. The minimum atomic E-state index is -0.572. The SMILES string of the molecule is CC/C=C\C/C=C\C/C=C\C/C=C\C/C=C\C/C=C\C/C=C\CCCC(=O)OC(CO)COCCCCCCCCCCCCCC/C=C\CCCCCCCCCC. The smallest absolute Gasteiger partial charge is 0.306 e. The number of carbonyl (C=O) groups is 1. The molecule has 0 aliphatic heterocycles. The molecule has 0 rings (SSSR count). The van der Waals surface area contributed by atoms with E-state index in [9.17, 15) is 9.90 Å². The molecule has 0 saturated heterocycles. The van der Waals surface area contributed by atoms with Crippen molar-refractivity contribution >= 4 is 5.97 Å². The lowest BCUT2D eigenvalue weighted by molar-refractivity contribution is -0.154. The van der Waals surface area contributed by atoms with Gasteiger partial charge in [0.05, 0.1) is 13.2 Å². The molecule has 1 atom stereocenters. The molecule has 4 heteroatoms. The minimum Gasteiger partial charge on any atom is -0.457 e. The summed E-state index contributed by atoms with van der Waals surface area (Å²) in [6.45, 7) is 5.17. The van der Waals surface area contributed by atoms with Crippen molar-refractivity contribution in [1.29, 1.82) is 0 Å². The molecular weight excluding hydrogens is 725 g/mol. The normalized spacial score (nSPS) is 13.2. The minimum absolute atomic E-state index is 0.200. The molecule has 0 amide bonds. The number of aliphatic hydroxyl groups is 1. The number of hydrogen-bond acceptors (Lipinski definition) is 4. The second-order valence-corrected chi connectivity index (χ2v) is 16.2. The highest BCUT2D eigenvalue weighted by Crippen LogP contribution is 2.14. The van der Waals surface area contributed by atoms with Gasteiger partial charge in [-0.25, -0.2) is 0 Å². The van der Waals surface area contributed by atoms with Gasteiger partial charge >= 0.3 is 5.97 Å². The molecule has 59 heavy (non-hydrogen) atoms. The maximum atomic E-state index is 12.2. The van der Waals surface area contributed by atoms with Crippen molar-refractivity contribution in [2.45, 2.75) is 225 Å². The molecule has 0 bridgehead atoms. The number of aliphatic hydroxyl groups excluding tert-OH is 1. The molecule has 0 aromatic rings. The topological polar surface area (TPSA) is 55.8 Å². The van der Waals surface area contributed by atoms with Crippen LogP contribution in [0.2, 0.25) is 0 Å². The predicted octanol–water partition coefficient (Wildman–Crippen LogP) is 16.9. The molecule has 0 aliphatic carbocycles. The monoisotopic (exact) mass is 819 g/mol. The zero-order valence-corrected chi connectivity index (χ0v) is 38.7. The molecule has 0 fully saturated rings. The van der Waals surface area contributed by atoms with E-state index in [2.05, 4.69) is 111 Å². The second kappa shape index (κ2) is 51.5. The molecule has 0 aromatic heterocycles. The summed E-state index contributed by atoms with van der Waals surface area (Å²) in [5, 5.41) is 9.63. The van der Waals surface area contributed by atoms with Crippen LogP contribution in [0.25, 0.3) is 0 Å². The number of ether oxygens (including phenoxy) is 2. The Kier molecular flexibility index (Phi) is 49.1. The van der Waals surface area contributed by atoms with Gasteiger partial charge in [0.1, 0.15) is 6.10 Å². The second-order valence-electron chi connectivity index (χ2n) is 16.2. The molecular formula is C55H94O4. The Hall–Kier alpha value is -2.69. The van der Waals surface area contributed by atoms with E-state index < -0.39 is 6.10 Å². The van der Waals surface area contributed by atoms with Crippen LogP contribution in [0.15, 0.2) is 97.2 Å². The molecule has 338 valence electrons. The molecule has 4 nitrogen and oxygen atoms in total. The Balaban J connectivity index is 3.53. The van der Waals surface area contributed by atoms with Crippen molar-refractivity contribution in [3.05, 3.63) is 97.2 Å². The van der Waals surface area contributed by atoms with Gasteiger partial charge in [-0.05, 0) is 89.9 Å². The third kappa shape index (κ3) is 49.6. The summed E-state index contributed by atoms with van der Waals surface area (Å²) in [4.78, 5) is 12.2. The maximum absolute atomic E-state index is 12.2. The van der Waals surface area contributed by atoms with Gasteiger partial charge in [-0.15, -0.1) is 0 Å².